The van der Waals surface area contributed by atoms with E-state index in [1.54, 1.807) is 0 Å². The first-order chi connectivity index (χ1) is 22.4. The minimum Gasteiger partial charge on any atom is -0.480 e. The molecule has 0 spiro atoms. The molecule has 2 aliphatic rings. The number of nitrogens with two attached hydrogens (primary N) is 1. The fourth-order valence-corrected chi connectivity index (χ4v) is 5.06. The highest BCUT2D eigenvalue weighted by Gasteiger charge is 2.52. The zero-order valence-electron chi connectivity index (χ0n) is 26.7. The number of carboxylic acids is 1. The lowest BCUT2D eigenvalue weighted by Crippen LogP contribution is -2.70. The number of aliphatic hydroxyl groups excluding tert-OH is 5. The van der Waals surface area contributed by atoms with Gasteiger partial charge in [-0.3, -0.25) is 24.0 Å². The van der Waals surface area contributed by atoms with Crippen molar-refractivity contribution in [1.29, 1.82) is 0 Å². The average molecular weight is 696 g/mol. The van der Waals surface area contributed by atoms with E-state index >= 15 is 0 Å². The van der Waals surface area contributed by atoms with E-state index in [4.69, 9.17) is 24.7 Å². The smallest absolute Gasteiger partial charge is 0.326 e. The predicted octanol–water partition coefficient (Wildman–Crippen LogP) is -6.36. The Labute approximate surface area is 274 Å². The van der Waals surface area contributed by atoms with E-state index in [1.807, 2.05) is 0 Å². The Morgan fingerprint density at radius 2 is 1.40 bits per heavy atom. The number of carbonyl (C=O) groups excluding carboxylic acids is 5. The Kier molecular flexibility index (Phi) is 15.5. The third-order valence-electron chi connectivity index (χ3n) is 7.53. The largest absolute Gasteiger partial charge is 0.480 e. The number of rotatable bonds is 16. The van der Waals surface area contributed by atoms with E-state index in [0.717, 1.165) is 13.8 Å². The van der Waals surface area contributed by atoms with Crippen LogP contribution < -0.4 is 27.0 Å². The van der Waals surface area contributed by atoms with Gasteiger partial charge in [-0.05, 0) is 20.3 Å². The number of carbonyl (C=O) groups is 6. The van der Waals surface area contributed by atoms with Gasteiger partial charge >= 0.3 is 5.97 Å². The van der Waals surface area contributed by atoms with E-state index in [0.29, 0.717) is 0 Å². The summed E-state index contributed by atoms with van der Waals surface area (Å²) in [7, 11) is 0. The van der Waals surface area contributed by atoms with Crippen LogP contribution in [0.25, 0.3) is 0 Å². The Bertz CT molecular complexity index is 1160. The highest BCUT2D eigenvalue weighted by molar-refractivity contribution is 5.91. The lowest BCUT2D eigenvalue weighted by atomic mass is 9.94. The molecule has 5 amide bonds. The summed E-state index contributed by atoms with van der Waals surface area (Å²) in [6, 6.07) is -5.74. The molecule has 2 rings (SSSR count). The molecular weight excluding hydrogens is 650 g/mol. The molecule has 0 bridgehead atoms. The van der Waals surface area contributed by atoms with Gasteiger partial charge in [-0.2, -0.15) is 0 Å². The first-order valence-electron chi connectivity index (χ1n) is 15.0. The molecule has 0 aromatic rings. The van der Waals surface area contributed by atoms with Crippen molar-refractivity contribution >= 4 is 35.5 Å². The van der Waals surface area contributed by atoms with Crippen LogP contribution in [0.1, 0.15) is 40.5 Å². The van der Waals surface area contributed by atoms with E-state index in [-0.39, 0.29) is 12.8 Å². The fraction of sp³-hybridized carbons (Fsp3) is 0.778. The summed E-state index contributed by atoms with van der Waals surface area (Å²) < 4.78 is 23.0. The zero-order valence-corrected chi connectivity index (χ0v) is 26.7. The summed E-state index contributed by atoms with van der Waals surface area (Å²) in [4.78, 5) is 72.3. The molecule has 2 fully saturated rings. The van der Waals surface area contributed by atoms with Crippen molar-refractivity contribution in [2.75, 3.05) is 13.2 Å². The van der Waals surface area contributed by atoms with Crippen LogP contribution in [0.4, 0.5) is 0 Å². The molecule has 0 aliphatic carbocycles. The molecule has 48 heavy (non-hydrogen) atoms. The monoisotopic (exact) mass is 695 g/mol. The Hall–Kier alpha value is -3.54. The zero-order chi connectivity index (χ0) is 36.5. The number of aliphatic carboxylic acids is 1. The van der Waals surface area contributed by atoms with Crippen molar-refractivity contribution in [3.8, 4) is 0 Å². The number of amides is 5. The van der Waals surface area contributed by atoms with Crippen LogP contribution in [-0.2, 0) is 47.7 Å². The molecular formula is C27H45N5O16. The fourth-order valence-electron chi connectivity index (χ4n) is 5.06. The van der Waals surface area contributed by atoms with Gasteiger partial charge < -0.3 is 76.6 Å². The number of nitrogens with one attached hydrogen (secondary N) is 4. The van der Waals surface area contributed by atoms with E-state index < -0.39 is 128 Å². The molecule has 2 heterocycles. The summed E-state index contributed by atoms with van der Waals surface area (Å²) in [6.45, 7) is 3.04. The van der Waals surface area contributed by atoms with Gasteiger partial charge in [0.2, 0.25) is 29.5 Å². The van der Waals surface area contributed by atoms with Crippen molar-refractivity contribution in [2.24, 2.45) is 5.73 Å². The van der Waals surface area contributed by atoms with Crippen molar-refractivity contribution in [1.82, 2.24) is 21.3 Å². The average Bonchev–Trinajstić information content (AvgIpc) is 3.00. The number of hydrogen-bond acceptors (Lipinski definition) is 15. The molecule has 21 heteroatoms. The maximum atomic E-state index is 13.1. The third kappa shape index (κ3) is 11.0. The normalized spacial score (nSPS) is 32.2. The second-order valence-corrected chi connectivity index (χ2v) is 11.4. The number of ether oxygens (including phenoxy) is 4. The predicted molar refractivity (Wildman–Crippen MR) is 156 cm³/mol. The molecule has 0 aromatic carbocycles. The van der Waals surface area contributed by atoms with Gasteiger partial charge in [0.25, 0.3) is 0 Å². The summed E-state index contributed by atoms with van der Waals surface area (Å²) in [5.74, 6) is -5.45. The van der Waals surface area contributed by atoms with Gasteiger partial charge in [0.15, 0.2) is 12.6 Å². The van der Waals surface area contributed by atoms with Crippen LogP contribution in [0.2, 0.25) is 0 Å². The maximum absolute atomic E-state index is 13.1. The molecule has 12 N–H and O–H groups in total. The lowest BCUT2D eigenvalue weighted by Gasteiger charge is -2.48. The van der Waals surface area contributed by atoms with Gasteiger partial charge in [0.1, 0.15) is 66.9 Å². The molecule has 2 aliphatic heterocycles. The van der Waals surface area contributed by atoms with Crippen molar-refractivity contribution < 1.29 is 78.4 Å². The van der Waals surface area contributed by atoms with Crippen LogP contribution in [0, 0.1) is 0 Å². The first-order valence-corrected chi connectivity index (χ1v) is 15.0. The van der Waals surface area contributed by atoms with Crippen LogP contribution in [0.15, 0.2) is 0 Å². The molecule has 2 saturated heterocycles. The summed E-state index contributed by atoms with van der Waals surface area (Å²) in [5.41, 5.74) is 5.04. The Morgan fingerprint density at radius 1 is 0.812 bits per heavy atom. The molecule has 0 saturated carbocycles. The molecule has 0 unspecified atom stereocenters. The van der Waals surface area contributed by atoms with Gasteiger partial charge in [-0.15, -0.1) is 0 Å². The topological polar surface area (TPSA) is 335 Å². The molecule has 13 atom stereocenters. The number of carboxylic acid groups (broad SMARTS) is 1. The Balaban J connectivity index is 2.34. The number of aliphatic hydroxyl groups is 5. The Morgan fingerprint density at radius 3 is 1.92 bits per heavy atom. The van der Waals surface area contributed by atoms with Gasteiger partial charge in [0, 0.05) is 20.3 Å². The first kappa shape index (κ1) is 40.6. The van der Waals surface area contributed by atoms with Crippen molar-refractivity contribution in [3.05, 3.63) is 0 Å². The van der Waals surface area contributed by atoms with Gasteiger partial charge in [0.05, 0.1) is 13.2 Å². The van der Waals surface area contributed by atoms with Crippen LogP contribution in [0.5, 0.6) is 0 Å². The minimum absolute atomic E-state index is 0.302. The quantitative estimate of drug-likeness (QED) is 0.0715. The maximum Gasteiger partial charge on any atom is 0.326 e. The number of primary amides is 1. The SMILES string of the molecule is CC(=O)N[C@@H]1[C@@H](O[C@H](C)C(=O)N[C@@H](C)C(=O)N[C@H](CCC(N)=O)C(=O)O)[C@H](O[C@@H]2O[C@H](CO)[C@@H](O)[C@H](O)[C@H]2NC(C)=O)[C@@H](CO)O[C@@H]1O. The van der Waals surface area contributed by atoms with Crippen molar-refractivity contribution in [2.45, 2.75) is 120 Å². The standard InChI is InChI=1S/C27H45N5O16/c1-9(23(40)32-13(25(42)43)5-6-16(28)37)29-24(41)10(2)45-22-18(31-12(4)36)26(44)46-15(8-34)21(22)48-27-17(30-11(3)35)20(39)19(38)14(7-33)47-27/h9-10,13-15,17-22,26-27,33-34,38-39,44H,5-8H2,1-4H3,(H2,28,37)(H,29,41)(H,30,35)(H,31,36)(H,32,40)(H,42,43)/t9-,10+,13+,14+,15+,17+,18+,19+,20+,21+,22+,26-,27-/m0/s1. The molecule has 0 radical (unpaired) electrons. The van der Waals surface area contributed by atoms with E-state index in [9.17, 15) is 59.4 Å². The lowest BCUT2D eigenvalue weighted by molar-refractivity contribution is -0.333. The van der Waals surface area contributed by atoms with Gasteiger partial charge in [-0.25, -0.2) is 4.79 Å². The van der Waals surface area contributed by atoms with E-state index in [2.05, 4.69) is 21.3 Å². The minimum atomic E-state index is -1.83. The van der Waals surface area contributed by atoms with Crippen LogP contribution >= 0.6 is 0 Å². The van der Waals surface area contributed by atoms with Gasteiger partial charge in [-0.1, -0.05) is 0 Å². The molecule has 274 valence electrons. The second-order valence-electron chi connectivity index (χ2n) is 11.4. The van der Waals surface area contributed by atoms with Crippen LogP contribution in [0.3, 0.4) is 0 Å². The van der Waals surface area contributed by atoms with E-state index in [1.165, 1.54) is 13.8 Å². The highest BCUT2D eigenvalue weighted by atomic mass is 16.7. The summed E-state index contributed by atoms with van der Waals surface area (Å²) >= 11 is 0. The number of hydrogen-bond donors (Lipinski definition) is 11. The third-order valence-corrected chi connectivity index (χ3v) is 7.53. The summed E-state index contributed by atoms with van der Waals surface area (Å²) in [5, 5.41) is 70.2. The summed E-state index contributed by atoms with van der Waals surface area (Å²) in [6.07, 6.45) is -15.0. The highest BCUT2D eigenvalue weighted by Crippen LogP contribution is 2.31. The van der Waals surface area contributed by atoms with Crippen LogP contribution in [-0.4, -0.2) is 159 Å². The van der Waals surface area contributed by atoms with Crippen molar-refractivity contribution in [3.63, 3.8) is 0 Å². The molecule has 21 nitrogen and oxygen atoms in total. The molecule has 0 aromatic heterocycles. The second kappa shape index (κ2) is 18.3.